The summed E-state index contributed by atoms with van der Waals surface area (Å²) >= 11 is 0. The van der Waals surface area contributed by atoms with Crippen molar-refractivity contribution in [2.24, 2.45) is 0 Å². The molecule has 0 bridgehead atoms. The quantitative estimate of drug-likeness (QED) is 0.809. The highest BCUT2D eigenvalue weighted by molar-refractivity contribution is 5.95. The highest BCUT2D eigenvalue weighted by Crippen LogP contribution is 2.15. The maximum absolute atomic E-state index is 12.8. The molecule has 1 aliphatic rings. The normalized spacial score (nSPS) is 14.6. The lowest BCUT2D eigenvalue weighted by atomic mass is 10.2. The Bertz CT molecular complexity index is 765. The zero-order valence-corrected chi connectivity index (χ0v) is 15.5. The van der Waals surface area contributed by atoms with Crippen LogP contribution >= 0.6 is 0 Å². The molecule has 0 atom stereocenters. The number of rotatable bonds is 5. The highest BCUT2D eigenvalue weighted by atomic mass is 16.5. The first-order valence-electron chi connectivity index (χ1n) is 9.26. The van der Waals surface area contributed by atoms with Gasteiger partial charge in [0, 0.05) is 44.1 Å². The number of ether oxygens (including phenoxy) is 1. The van der Waals surface area contributed by atoms with Crippen LogP contribution in [0.3, 0.4) is 0 Å². The lowest BCUT2D eigenvalue weighted by molar-refractivity contribution is 0.0715. The zero-order chi connectivity index (χ0) is 19.1. The second-order valence-corrected chi connectivity index (χ2v) is 6.40. The van der Waals surface area contributed by atoms with E-state index in [9.17, 15) is 9.59 Å². The van der Waals surface area contributed by atoms with E-state index in [-0.39, 0.29) is 11.8 Å². The van der Waals surface area contributed by atoms with Crippen LogP contribution in [0.5, 0.6) is 5.75 Å². The number of benzene rings is 1. The molecule has 0 spiro atoms. The van der Waals surface area contributed by atoms with Gasteiger partial charge in [0.1, 0.15) is 11.4 Å². The predicted octanol–water partition coefficient (Wildman–Crippen LogP) is 2.25. The van der Waals surface area contributed by atoms with E-state index >= 15 is 0 Å². The topological polar surface area (TPSA) is 75.6 Å². The van der Waals surface area contributed by atoms with Crippen LogP contribution in [0, 0.1) is 0 Å². The van der Waals surface area contributed by atoms with E-state index < -0.39 is 0 Å². The third kappa shape index (κ3) is 4.81. The van der Waals surface area contributed by atoms with Crippen LogP contribution in [0.1, 0.15) is 40.6 Å². The van der Waals surface area contributed by atoms with Gasteiger partial charge in [-0.2, -0.15) is 0 Å². The lowest BCUT2D eigenvalue weighted by Crippen LogP contribution is -2.37. The standard InChI is InChI=1S/C20H24N4O3/c1-2-14-27-17-6-4-16(5-7-17)19(25)23-10-3-11-24(13-12-23)20(26)18-15-21-8-9-22-18/h4-9,15H,2-3,10-14H2,1H3. The molecular weight excluding hydrogens is 344 g/mol. The molecule has 1 aromatic heterocycles. The van der Waals surface area contributed by atoms with Crippen molar-refractivity contribution < 1.29 is 14.3 Å². The van der Waals surface area contributed by atoms with Crippen LogP contribution in [0.4, 0.5) is 0 Å². The fraction of sp³-hybridized carbons (Fsp3) is 0.400. The molecule has 0 aliphatic carbocycles. The summed E-state index contributed by atoms with van der Waals surface area (Å²) in [5.41, 5.74) is 0.965. The van der Waals surface area contributed by atoms with Crippen molar-refractivity contribution in [2.75, 3.05) is 32.8 Å². The predicted molar refractivity (Wildman–Crippen MR) is 101 cm³/mol. The first kappa shape index (κ1) is 18.8. The molecule has 1 saturated heterocycles. The van der Waals surface area contributed by atoms with Crippen LogP contribution < -0.4 is 4.74 Å². The molecule has 27 heavy (non-hydrogen) atoms. The molecule has 7 nitrogen and oxygen atoms in total. The fourth-order valence-electron chi connectivity index (χ4n) is 2.99. The van der Waals surface area contributed by atoms with Gasteiger partial charge in [0.2, 0.25) is 0 Å². The minimum atomic E-state index is -0.144. The van der Waals surface area contributed by atoms with Crippen molar-refractivity contribution in [3.05, 3.63) is 54.1 Å². The van der Waals surface area contributed by atoms with Gasteiger partial charge in [-0.05, 0) is 37.1 Å². The van der Waals surface area contributed by atoms with E-state index in [1.54, 1.807) is 21.9 Å². The van der Waals surface area contributed by atoms with Gasteiger partial charge in [-0.1, -0.05) is 6.92 Å². The summed E-state index contributed by atoms with van der Waals surface area (Å²) in [6.45, 7) is 4.92. The van der Waals surface area contributed by atoms with Gasteiger partial charge >= 0.3 is 0 Å². The zero-order valence-electron chi connectivity index (χ0n) is 15.5. The number of nitrogens with zero attached hydrogens (tertiary/aromatic N) is 4. The molecule has 0 N–H and O–H groups in total. The first-order valence-corrected chi connectivity index (χ1v) is 9.26. The average molecular weight is 368 g/mol. The second kappa shape index (κ2) is 9.12. The molecular formula is C20H24N4O3. The Morgan fingerprint density at radius 3 is 2.33 bits per heavy atom. The molecule has 0 radical (unpaired) electrons. The summed E-state index contributed by atoms with van der Waals surface area (Å²) in [4.78, 5) is 36.9. The van der Waals surface area contributed by atoms with Crippen molar-refractivity contribution in [1.82, 2.24) is 19.8 Å². The smallest absolute Gasteiger partial charge is 0.274 e. The molecule has 3 rings (SSSR count). The van der Waals surface area contributed by atoms with E-state index in [0.717, 1.165) is 18.6 Å². The molecule has 2 amide bonds. The third-order valence-corrected chi connectivity index (χ3v) is 4.43. The van der Waals surface area contributed by atoms with Gasteiger partial charge in [0.15, 0.2) is 0 Å². The molecule has 0 unspecified atom stereocenters. The molecule has 2 heterocycles. The van der Waals surface area contributed by atoms with E-state index in [0.29, 0.717) is 44.0 Å². The lowest BCUT2D eigenvalue weighted by Gasteiger charge is -2.22. The molecule has 1 fully saturated rings. The highest BCUT2D eigenvalue weighted by Gasteiger charge is 2.24. The number of hydrogen-bond acceptors (Lipinski definition) is 5. The second-order valence-electron chi connectivity index (χ2n) is 6.40. The SMILES string of the molecule is CCCOc1ccc(C(=O)N2CCCN(C(=O)c3cnccn3)CC2)cc1. The molecule has 0 saturated carbocycles. The number of amides is 2. The Labute approximate surface area is 159 Å². The molecule has 1 aliphatic heterocycles. The third-order valence-electron chi connectivity index (χ3n) is 4.43. The number of aromatic nitrogens is 2. The Balaban J connectivity index is 1.60. The Hall–Kier alpha value is -2.96. The van der Waals surface area contributed by atoms with Crippen molar-refractivity contribution in [3.63, 3.8) is 0 Å². The molecule has 142 valence electrons. The summed E-state index contributed by atoms with van der Waals surface area (Å²) in [5, 5.41) is 0. The van der Waals surface area contributed by atoms with E-state index in [1.807, 2.05) is 12.1 Å². The summed E-state index contributed by atoms with van der Waals surface area (Å²) in [5.74, 6) is 0.602. The fourth-order valence-corrected chi connectivity index (χ4v) is 2.99. The van der Waals surface area contributed by atoms with Gasteiger partial charge in [-0.15, -0.1) is 0 Å². The van der Waals surface area contributed by atoms with E-state index in [1.165, 1.54) is 18.6 Å². The number of carbonyl (C=O) groups excluding carboxylic acids is 2. The molecule has 2 aromatic rings. The monoisotopic (exact) mass is 368 g/mol. The van der Waals surface area contributed by atoms with Gasteiger partial charge in [0.25, 0.3) is 11.8 Å². The van der Waals surface area contributed by atoms with Crippen LogP contribution in [-0.4, -0.2) is 64.4 Å². The summed E-state index contributed by atoms with van der Waals surface area (Å²) in [7, 11) is 0. The van der Waals surface area contributed by atoms with Crippen molar-refractivity contribution in [3.8, 4) is 5.75 Å². The maximum atomic E-state index is 12.8. The van der Waals surface area contributed by atoms with Crippen LogP contribution in [0.25, 0.3) is 0 Å². The van der Waals surface area contributed by atoms with Crippen LogP contribution in [0.15, 0.2) is 42.9 Å². The average Bonchev–Trinajstić information content (AvgIpc) is 2.98. The Morgan fingerprint density at radius 1 is 1.00 bits per heavy atom. The Morgan fingerprint density at radius 2 is 1.70 bits per heavy atom. The van der Waals surface area contributed by atoms with Crippen molar-refractivity contribution in [2.45, 2.75) is 19.8 Å². The van der Waals surface area contributed by atoms with Gasteiger partial charge < -0.3 is 14.5 Å². The summed E-state index contributed by atoms with van der Waals surface area (Å²) in [6.07, 6.45) is 6.19. The van der Waals surface area contributed by atoms with Crippen molar-refractivity contribution in [1.29, 1.82) is 0 Å². The maximum Gasteiger partial charge on any atom is 0.274 e. The first-order chi connectivity index (χ1) is 13.2. The summed E-state index contributed by atoms with van der Waals surface area (Å²) in [6, 6.07) is 7.23. The van der Waals surface area contributed by atoms with Crippen LogP contribution in [0.2, 0.25) is 0 Å². The van der Waals surface area contributed by atoms with Gasteiger partial charge in [-0.3, -0.25) is 14.6 Å². The molecule has 7 heteroatoms. The minimum absolute atomic E-state index is 0.0224. The van der Waals surface area contributed by atoms with E-state index in [4.69, 9.17) is 4.74 Å². The molecule has 1 aromatic carbocycles. The number of hydrogen-bond donors (Lipinski definition) is 0. The van der Waals surface area contributed by atoms with Gasteiger partial charge in [0.05, 0.1) is 12.8 Å². The Kier molecular flexibility index (Phi) is 6.35. The van der Waals surface area contributed by atoms with Gasteiger partial charge in [-0.25, -0.2) is 4.98 Å². The number of carbonyl (C=O) groups is 2. The minimum Gasteiger partial charge on any atom is -0.494 e. The summed E-state index contributed by atoms with van der Waals surface area (Å²) < 4.78 is 5.56. The van der Waals surface area contributed by atoms with E-state index in [2.05, 4.69) is 16.9 Å². The van der Waals surface area contributed by atoms with Crippen LogP contribution in [-0.2, 0) is 0 Å². The van der Waals surface area contributed by atoms with Crippen molar-refractivity contribution >= 4 is 11.8 Å². The largest absolute Gasteiger partial charge is 0.494 e.